The first kappa shape index (κ1) is 39.9. The Kier molecular flexibility index (Phi) is 9.72. The topological polar surface area (TPSA) is 53.5 Å². The van der Waals surface area contributed by atoms with Crippen LogP contribution in [-0.2, 0) is 0 Å². The van der Waals surface area contributed by atoms with Gasteiger partial charge >= 0.3 is 0 Å². The van der Waals surface area contributed by atoms with Crippen molar-refractivity contribution in [1.82, 2.24) is 28.7 Å². The van der Waals surface area contributed by atoms with Gasteiger partial charge in [-0.25, -0.2) is 15.0 Å². The third-order valence-electron chi connectivity index (χ3n) is 13.1. The van der Waals surface area contributed by atoms with Crippen molar-refractivity contribution in [1.29, 1.82) is 0 Å². The zero-order valence-corrected chi connectivity index (χ0v) is 37.4. The lowest BCUT2D eigenvalue weighted by Crippen LogP contribution is -2.02. The fourth-order valence-electron chi connectivity index (χ4n) is 9.76. The maximum atomic E-state index is 5.44. The fourth-order valence-corrected chi connectivity index (χ4v) is 9.76. The van der Waals surface area contributed by atoms with Gasteiger partial charge < -0.3 is 0 Å². The smallest absolute Gasteiger partial charge is 0.145 e. The molecule has 69 heavy (non-hydrogen) atoms. The molecule has 0 saturated heterocycles. The van der Waals surface area contributed by atoms with E-state index in [1.165, 1.54) is 16.7 Å². The van der Waals surface area contributed by atoms with Crippen LogP contribution in [0.15, 0.2) is 255 Å². The summed E-state index contributed by atoms with van der Waals surface area (Å²) in [6, 6.07) is 89.8. The van der Waals surface area contributed by atoms with Crippen LogP contribution in [0.4, 0.5) is 0 Å². The summed E-state index contributed by atoms with van der Waals surface area (Å²) >= 11 is 0. The molecule has 3 aromatic heterocycles. The second kappa shape index (κ2) is 16.8. The monoisotopic (exact) mass is 882 g/mol. The Labute approximate surface area is 399 Å². The van der Waals surface area contributed by atoms with E-state index in [4.69, 9.17) is 15.0 Å². The summed E-state index contributed by atoms with van der Waals surface area (Å²) in [5.41, 5.74) is 18.6. The van der Waals surface area contributed by atoms with E-state index in [1.54, 1.807) is 0 Å². The predicted molar refractivity (Wildman–Crippen MR) is 283 cm³/mol. The molecule has 0 amide bonds. The Morgan fingerprint density at radius 2 is 0.435 bits per heavy atom. The first-order valence-electron chi connectivity index (χ1n) is 23.3. The van der Waals surface area contributed by atoms with Gasteiger partial charge in [0, 0.05) is 33.8 Å². The molecule has 13 aromatic rings. The first-order chi connectivity index (χ1) is 34.2. The molecular formula is C63H42N6. The molecule has 0 unspecified atom stereocenters. The quantitative estimate of drug-likeness (QED) is 0.145. The van der Waals surface area contributed by atoms with Crippen LogP contribution < -0.4 is 0 Å². The number of hydrogen-bond donors (Lipinski definition) is 0. The van der Waals surface area contributed by atoms with Gasteiger partial charge in [-0.3, -0.25) is 13.7 Å². The Morgan fingerprint density at radius 3 is 0.710 bits per heavy atom. The molecular weight excluding hydrogens is 841 g/mol. The van der Waals surface area contributed by atoms with Crippen LogP contribution >= 0.6 is 0 Å². The zero-order valence-electron chi connectivity index (χ0n) is 37.4. The number of hydrogen-bond acceptors (Lipinski definition) is 3. The maximum Gasteiger partial charge on any atom is 0.145 e. The van der Waals surface area contributed by atoms with Gasteiger partial charge in [-0.05, 0) is 124 Å². The molecule has 13 rings (SSSR count). The van der Waals surface area contributed by atoms with E-state index in [2.05, 4.69) is 268 Å². The van der Waals surface area contributed by atoms with E-state index in [-0.39, 0.29) is 0 Å². The molecule has 0 bridgehead atoms. The van der Waals surface area contributed by atoms with E-state index < -0.39 is 0 Å². The second-order valence-electron chi connectivity index (χ2n) is 17.3. The minimum atomic E-state index is 0.816. The number of rotatable bonds is 9. The highest BCUT2D eigenvalue weighted by Crippen LogP contribution is 2.39. The van der Waals surface area contributed by atoms with Crippen molar-refractivity contribution in [2.45, 2.75) is 0 Å². The molecule has 324 valence electrons. The fraction of sp³-hybridized carbons (Fsp3) is 0. The predicted octanol–water partition coefficient (Wildman–Crippen LogP) is 15.7. The molecule has 0 radical (unpaired) electrons. The van der Waals surface area contributed by atoms with Crippen LogP contribution in [0.3, 0.4) is 0 Å². The molecule has 0 aliphatic carbocycles. The normalized spacial score (nSPS) is 11.5. The van der Waals surface area contributed by atoms with Crippen molar-refractivity contribution in [3.05, 3.63) is 255 Å². The molecule has 0 saturated carbocycles. The summed E-state index contributed by atoms with van der Waals surface area (Å²) < 4.78 is 6.84. The van der Waals surface area contributed by atoms with E-state index >= 15 is 0 Å². The lowest BCUT2D eigenvalue weighted by atomic mass is 10.0. The summed E-state index contributed by atoms with van der Waals surface area (Å²) in [6.07, 6.45) is 0. The van der Waals surface area contributed by atoms with Crippen LogP contribution in [0.1, 0.15) is 0 Å². The van der Waals surface area contributed by atoms with Gasteiger partial charge in [0.25, 0.3) is 0 Å². The third kappa shape index (κ3) is 7.19. The zero-order chi connectivity index (χ0) is 45.7. The van der Waals surface area contributed by atoms with Gasteiger partial charge in [0.15, 0.2) is 0 Å². The highest BCUT2D eigenvalue weighted by Gasteiger charge is 2.23. The van der Waals surface area contributed by atoms with Crippen LogP contribution in [0.2, 0.25) is 0 Å². The van der Waals surface area contributed by atoms with Gasteiger partial charge in [-0.2, -0.15) is 0 Å². The number of aromatic nitrogens is 6. The molecule has 0 spiro atoms. The molecule has 0 fully saturated rings. The number of fused-ring (bicyclic) bond motifs is 3. The van der Waals surface area contributed by atoms with Crippen molar-refractivity contribution >= 4 is 33.1 Å². The van der Waals surface area contributed by atoms with Crippen molar-refractivity contribution in [3.8, 4) is 84.6 Å². The average molecular weight is 883 g/mol. The average Bonchev–Trinajstić information content (AvgIpc) is 4.14. The maximum absolute atomic E-state index is 5.44. The third-order valence-corrected chi connectivity index (χ3v) is 13.1. The number of imidazole rings is 3. The van der Waals surface area contributed by atoms with E-state index in [1.807, 2.05) is 0 Å². The highest BCUT2D eigenvalue weighted by atomic mass is 15.1. The van der Waals surface area contributed by atoms with Crippen molar-refractivity contribution in [2.24, 2.45) is 0 Å². The summed E-state index contributed by atoms with van der Waals surface area (Å²) in [6.45, 7) is 0. The molecule has 3 heterocycles. The van der Waals surface area contributed by atoms with Crippen molar-refractivity contribution < 1.29 is 0 Å². The Morgan fingerprint density at radius 1 is 0.203 bits per heavy atom. The summed E-state index contributed by atoms with van der Waals surface area (Å²) in [7, 11) is 0. The van der Waals surface area contributed by atoms with Crippen LogP contribution in [0.25, 0.3) is 118 Å². The minimum absolute atomic E-state index is 0.816. The lowest BCUT2D eigenvalue weighted by Gasteiger charge is -2.16. The molecule has 10 aromatic carbocycles. The van der Waals surface area contributed by atoms with Crippen molar-refractivity contribution in [3.63, 3.8) is 0 Å². The van der Waals surface area contributed by atoms with E-state index in [0.29, 0.717) is 0 Å². The highest BCUT2D eigenvalue weighted by molar-refractivity contribution is 5.90. The standard InChI is InChI=1S/C63H42N6/c1-4-16-43(17-5-1)46-28-34-52(35-29-46)67-58-25-13-10-22-55(58)64-61(67)49-40-50(62-65-56-23-11-14-26-59(56)68(62)53-36-30-47(31-37-53)44-18-6-2-7-19-44)42-51(41-49)63-66-57-24-12-15-27-60(57)69(63)54-38-32-48(33-39-54)45-20-8-3-9-21-45/h1-42H. The van der Waals surface area contributed by atoms with Crippen LogP contribution in [-0.4, -0.2) is 28.7 Å². The number of nitrogens with zero attached hydrogens (tertiary/aromatic N) is 6. The van der Waals surface area contributed by atoms with E-state index in [9.17, 15) is 0 Å². The van der Waals surface area contributed by atoms with Gasteiger partial charge in [0.2, 0.25) is 0 Å². The van der Waals surface area contributed by atoms with Gasteiger partial charge in [0.1, 0.15) is 17.5 Å². The number of benzene rings is 10. The molecule has 6 nitrogen and oxygen atoms in total. The van der Waals surface area contributed by atoms with Gasteiger partial charge in [0.05, 0.1) is 33.1 Å². The van der Waals surface area contributed by atoms with Gasteiger partial charge in [-0.15, -0.1) is 0 Å². The summed E-state index contributed by atoms with van der Waals surface area (Å²) in [5.74, 6) is 2.45. The molecule has 0 atom stereocenters. The van der Waals surface area contributed by atoms with E-state index in [0.717, 1.165) is 101 Å². The van der Waals surface area contributed by atoms with Crippen LogP contribution in [0.5, 0.6) is 0 Å². The number of para-hydroxylation sites is 6. The Bertz CT molecular complexity index is 3530. The lowest BCUT2D eigenvalue weighted by molar-refractivity contribution is 1.09. The second-order valence-corrected chi connectivity index (χ2v) is 17.3. The largest absolute Gasteiger partial charge is 0.292 e. The minimum Gasteiger partial charge on any atom is -0.292 e. The van der Waals surface area contributed by atoms with Crippen LogP contribution in [0, 0.1) is 0 Å². The molecule has 6 heteroatoms. The Balaban J connectivity index is 1.05. The summed E-state index contributed by atoms with van der Waals surface area (Å²) in [4.78, 5) is 16.3. The summed E-state index contributed by atoms with van der Waals surface area (Å²) in [5, 5.41) is 0. The molecule has 0 aliphatic heterocycles. The molecule has 0 aliphatic rings. The Hall–Kier alpha value is -9.39. The molecule has 0 N–H and O–H groups in total. The SMILES string of the molecule is c1ccc(-c2ccc(-n3c(-c4cc(-c5nc6ccccc6n5-c5ccc(-c6ccccc6)cc5)cc(-c5nc6ccccc6n5-c5ccc(-c6ccccc6)cc5)c4)nc4ccccc43)cc2)cc1. The van der Waals surface area contributed by atoms with Gasteiger partial charge in [-0.1, -0.05) is 164 Å². The first-order valence-corrected chi connectivity index (χ1v) is 23.3. The van der Waals surface area contributed by atoms with Crippen molar-refractivity contribution in [2.75, 3.05) is 0 Å².